The number of nitrogens with two attached hydrogens (primary N) is 1. The normalized spacial score (nSPS) is 27.8. The number of esters is 1. The van der Waals surface area contributed by atoms with E-state index in [1.165, 1.54) is 13.4 Å². The van der Waals surface area contributed by atoms with E-state index in [1.807, 2.05) is 18.4 Å². The van der Waals surface area contributed by atoms with Crippen molar-refractivity contribution in [3.63, 3.8) is 0 Å². The summed E-state index contributed by atoms with van der Waals surface area (Å²) in [4.78, 5) is 27.0. The quantitative estimate of drug-likeness (QED) is 0.579. The molecule has 0 radical (unpaired) electrons. The second-order valence-corrected chi connectivity index (χ2v) is 9.48. The van der Waals surface area contributed by atoms with Gasteiger partial charge in [0.1, 0.15) is 24.1 Å². The standard InChI is InChI=1S/C22H34N6O5/c1-12(2)27(14-7-13(8-14)21(29)31-6)9-15(30-5)17-20(33-22(3,4)32-17)28-11-26-16-18(23)24-10-25-19(16)28/h10-15,17,20H,7-9H2,1-6H3,(H2,23,24,25)/t13-,14+,15-,17-,20-/m1/s1. The van der Waals surface area contributed by atoms with Crippen LogP contribution in [0.3, 0.4) is 0 Å². The van der Waals surface area contributed by atoms with Gasteiger partial charge in [0.15, 0.2) is 23.5 Å². The third kappa shape index (κ3) is 4.54. The van der Waals surface area contributed by atoms with Gasteiger partial charge in [-0.15, -0.1) is 0 Å². The van der Waals surface area contributed by atoms with Crippen molar-refractivity contribution in [1.82, 2.24) is 24.4 Å². The van der Waals surface area contributed by atoms with Crippen molar-refractivity contribution in [3.05, 3.63) is 12.7 Å². The third-order valence-corrected chi connectivity index (χ3v) is 6.61. The van der Waals surface area contributed by atoms with Crippen molar-refractivity contribution in [1.29, 1.82) is 0 Å². The van der Waals surface area contributed by atoms with Crippen LogP contribution in [-0.4, -0.2) is 81.2 Å². The lowest BCUT2D eigenvalue weighted by atomic mass is 9.78. The number of nitrogen functional groups attached to an aromatic ring is 1. The number of anilines is 1. The van der Waals surface area contributed by atoms with Gasteiger partial charge in [0.2, 0.25) is 0 Å². The van der Waals surface area contributed by atoms with Crippen LogP contribution < -0.4 is 5.73 Å². The van der Waals surface area contributed by atoms with E-state index in [1.54, 1.807) is 13.4 Å². The van der Waals surface area contributed by atoms with Crippen molar-refractivity contribution < 1.29 is 23.7 Å². The zero-order valence-electron chi connectivity index (χ0n) is 20.1. The molecule has 11 heteroatoms. The second kappa shape index (κ2) is 9.13. The van der Waals surface area contributed by atoms with E-state index in [0.717, 1.165) is 12.8 Å². The minimum absolute atomic E-state index is 0.0394. The minimum Gasteiger partial charge on any atom is -0.469 e. The highest BCUT2D eigenvalue weighted by Gasteiger charge is 2.49. The van der Waals surface area contributed by atoms with Gasteiger partial charge in [0.05, 0.1) is 19.4 Å². The lowest BCUT2D eigenvalue weighted by Crippen LogP contribution is -2.54. The summed E-state index contributed by atoms with van der Waals surface area (Å²) < 4.78 is 25.3. The molecule has 0 amide bonds. The molecule has 0 aromatic carbocycles. The van der Waals surface area contributed by atoms with Gasteiger partial charge in [0.25, 0.3) is 0 Å². The summed E-state index contributed by atoms with van der Waals surface area (Å²) in [5.41, 5.74) is 7.07. The van der Waals surface area contributed by atoms with Crippen molar-refractivity contribution in [2.75, 3.05) is 26.5 Å². The van der Waals surface area contributed by atoms with Crippen LogP contribution in [0, 0.1) is 5.92 Å². The van der Waals surface area contributed by atoms with E-state index in [0.29, 0.717) is 23.5 Å². The van der Waals surface area contributed by atoms with Gasteiger partial charge in [-0.2, -0.15) is 0 Å². The van der Waals surface area contributed by atoms with Gasteiger partial charge >= 0.3 is 5.97 Å². The van der Waals surface area contributed by atoms with E-state index in [-0.39, 0.29) is 30.1 Å². The molecule has 2 N–H and O–H groups in total. The maximum absolute atomic E-state index is 11.9. The number of hydrogen-bond donors (Lipinski definition) is 1. The number of imidazole rings is 1. The van der Waals surface area contributed by atoms with Gasteiger partial charge in [-0.25, -0.2) is 15.0 Å². The Morgan fingerprint density at radius 3 is 2.64 bits per heavy atom. The molecule has 4 rings (SSSR count). The van der Waals surface area contributed by atoms with Crippen molar-refractivity contribution in [3.8, 4) is 0 Å². The molecule has 33 heavy (non-hydrogen) atoms. The fourth-order valence-corrected chi connectivity index (χ4v) is 4.82. The Labute approximate surface area is 193 Å². The molecular weight excluding hydrogens is 428 g/mol. The van der Waals surface area contributed by atoms with E-state index >= 15 is 0 Å². The molecule has 11 nitrogen and oxygen atoms in total. The summed E-state index contributed by atoms with van der Waals surface area (Å²) in [7, 11) is 3.12. The van der Waals surface area contributed by atoms with E-state index in [2.05, 4.69) is 33.7 Å². The monoisotopic (exact) mass is 462 g/mol. The summed E-state index contributed by atoms with van der Waals surface area (Å²) in [5.74, 6) is -0.688. The first-order chi connectivity index (χ1) is 15.6. The van der Waals surface area contributed by atoms with Crippen LogP contribution in [-0.2, 0) is 23.7 Å². The predicted molar refractivity (Wildman–Crippen MR) is 120 cm³/mol. The van der Waals surface area contributed by atoms with E-state index in [4.69, 9.17) is 24.7 Å². The summed E-state index contributed by atoms with van der Waals surface area (Å²) in [6.45, 7) is 8.67. The highest BCUT2D eigenvalue weighted by molar-refractivity contribution is 5.81. The van der Waals surface area contributed by atoms with Crippen LogP contribution in [0.1, 0.15) is 46.8 Å². The average Bonchev–Trinajstić information content (AvgIpc) is 3.30. The number of carbonyl (C=O) groups excluding carboxylic acids is 1. The lowest BCUT2D eigenvalue weighted by molar-refractivity contribution is -0.164. The van der Waals surface area contributed by atoms with E-state index < -0.39 is 18.1 Å². The first kappa shape index (κ1) is 23.8. The Balaban J connectivity index is 1.57. The van der Waals surface area contributed by atoms with Gasteiger partial charge in [-0.3, -0.25) is 14.3 Å². The minimum atomic E-state index is -0.823. The van der Waals surface area contributed by atoms with Crippen LogP contribution in [0.15, 0.2) is 12.7 Å². The maximum atomic E-state index is 11.9. The van der Waals surface area contributed by atoms with Gasteiger partial charge in [-0.1, -0.05) is 0 Å². The summed E-state index contributed by atoms with van der Waals surface area (Å²) >= 11 is 0. The van der Waals surface area contributed by atoms with Crippen LogP contribution >= 0.6 is 0 Å². The molecule has 0 spiro atoms. The fraction of sp³-hybridized carbons (Fsp3) is 0.727. The molecule has 1 aliphatic carbocycles. The van der Waals surface area contributed by atoms with Gasteiger partial charge < -0.3 is 24.7 Å². The number of ether oxygens (including phenoxy) is 4. The second-order valence-electron chi connectivity index (χ2n) is 9.48. The predicted octanol–water partition coefficient (Wildman–Crippen LogP) is 1.74. The molecule has 1 saturated carbocycles. The topological polar surface area (TPSA) is 127 Å². The molecule has 2 aromatic rings. The molecule has 1 saturated heterocycles. The van der Waals surface area contributed by atoms with Crippen LogP contribution in [0.5, 0.6) is 0 Å². The molecule has 2 fully saturated rings. The Bertz CT molecular complexity index is 989. The molecule has 182 valence electrons. The molecule has 2 aromatic heterocycles. The first-order valence-corrected chi connectivity index (χ1v) is 11.3. The number of nitrogens with zero attached hydrogens (tertiary/aromatic N) is 5. The highest BCUT2D eigenvalue weighted by Crippen LogP contribution is 2.40. The lowest BCUT2D eigenvalue weighted by Gasteiger charge is -2.45. The summed E-state index contributed by atoms with van der Waals surface area (Å²) in [6.07, 6.45) is 3.39. The first-order valence-electron chi connectivity index (χ1n) is 11.3. The number of hydrogen-bond acceptors (Lipinski definition) is 10. The molecule has 0 bridgehead atoms. The largest absolute Gasteiger partial charge is 0.469 e. The number of rotatable bonds is 8. The number of methoxy groups -OCH3 is 2. The number of carbonyl (C=O) groups is 1. The molecule has 3 heterocycles. The van der Waals surface area contributed by atoms with Crippen LogP contribution in [0.25, 0.3) is 11.2 Å². The fourth-order valence-electron chi connectivity index (χ4n) is 4.82. The molecule has 3 atom stereocenters. The molecule has 2 aliphatic rings. The number of aromatic nitrogens is 4. The maximum Gasteiger partial charge on any atom is 0.308 e. The Morgan fingerprint density at radius 1 is 1.27 bits per heavy atom. The van der Waals surface area contributed by atoms with Crippen LogP contribution in [0.4, 0.5) is 5.82 Å². The summed E-state index contributed by atoms with van der Waals surface area (Å²) in [6, 6.07) is 0.545. The highest BCUT2D eigenvalue weighted by atomic mass is 16.8. The summed E-state index contributed by atoms with van der Waals surface area (Å²) in [5, 5.41) is 0. The SMILES string of the molecule is COC(=O)[C@H]1C[C@@H](N(C[C@@H](OC)[C@H]2OC(C)(C)O[C@H]2n2cnc3c(N)ncnc32)C(C)C)C1. The van der Waals surface area contributed by atoms with Crippen molar-refractivity contribution in [2.24, 2.45) is 5.92 Å². The molecule has 0 unspecified atom stereocenters. The smallest absolute Gasteiger partial charge is 0.308 e. The Hall–Kier alpha value is -2.34. The number of fused-ring (bicyclic) bond motifs is 1. The zero-order valence-corrected chi connectivity index (χ0v) is 20.1. The Kier molecular flexibility index (Phi) is 6.59. The Morgan fingerprint density at radius 2 is 2.00 bits per heavy atom. The zero-order chi connectivity index (χ0) is 23.9. The van der Waals surface area contributed by atoms with Crippen molar-refractivity contribution in [2.45, 2.75) is 76.8 Å². The van der Waals surface area contributed by atoms with Crippen LogP contribution in [0.2, 0.25) is 0 Å². The molecular formula is C22H34N6O5. The van der Waals surface area contributed by atoms with E-state index in [9.17, 15) is 4.79 Å². The van der Waals surface area contributed by atoms with Gasteiger partial charge in [-0.05, 0) is 40.5 Å². The molecule has 1 aliphatic heterocycles. The van der Waals surface area contributed by atoms with Crippen molar-refractivity contribution >= 4 is 23.0 Å². The average molecular weight is 463 g/mol. The van der Waals surface area contributed by atoms with Gasteiger partial charge in [0, 0.05) is 25.7 Å². The third-order valence-electron chi connectivity index (χ3n) is 6.61.